The van der Waals surface area contributed by atoms with Crippen LogP contribution in [0.5, 0.6) is 0 Å². The fourth-order valence-electron chi connectivity index (χ4n) is 4.62. The van der Waals surface area contributed by atoms with Gasteiger partial charge in [-0.25, -0.2) is 9.67 Å². The maximum atomic E-state index is 13.5. The minimum absolute atomic E-state index is 0.156. The van der Waals surface area contributed by atoms with Gasteiger partial charge in [-0.15, -0.1) is 11.3 Å². The van der Waals surface area contributed by atoms with Crippen LogP contribution in [0.15, 0.2) is 69.8 Å². The molecule has 1 aliphatic rings. The summed E-state index contributed by atoms with van der Waals surface area (Å²) in [5.41, 5.74) is 3.90. The third kappa shape index (κ3) is 4.70. The Morgan fingerprint density at radius 2 is 1.78 bits per heavy atom. The van der Waals surface area contributed by atoms with Crippen LogP contribution in [0.3, 0.4) is 0 Å². The van der Waals surface area contributed by atoms with Gasteiger partial charge in [0.1, 0.15) is 0 Å². The summed E-state index contributed by atoms with van der Waals surface area (Å²) in [6, 6.07) is 17.3. The molecular formula is C27H28ClN5O2S. The molecule has 0 bridgehead atoms. The van der Waals surface area contributed by atoms with E-state index in [0.29, 0.717) is 30.2 Å². The number of aromatic nitrogens is 3. The lowest BCUT2D eigenvalue weighted by molar-refractivity contribution is -0.127. The first kappa shape index (κ1) is 24.3. The Morgan fingerprint density at radius 3 is 2.47 bits per heavy atom. The fraction of sp³-hybridized carbons (Fsp3) is 0.296. The number of hydrogen-bond acceptors (Lipinski definition) is 4. The van der Waals surface area contributed by atoms with Gasteiger partial charge in [-0.1, -0.05) is 41.9 Å². The van der Waals surface area contributed by atoms with Crippen LogP contribution in [0.2, 0.25) is 5.02 Å². The number of likely N-dealkylation sites (tertiary alicyclic amines) is 1. The number of hydrogen-bond donors (Lipinski definition) is 0. The van der Waals surface area contributed by atoms with Crippen molar-refractivity contribution in [2.75, 3.05) is 13.1 Å². The van der Waals surface area contributed by atoms with Crippen LogP contribution in [0.25, 0.3) is 16.9 Å². The second-order valence-electron chi connectivity index (χ2n) is 8.92. The molecule has 2 aromatic carbocycles. The van der Waals surface area contributed by atoms with E-state index in [1.54, 1.807) is 4.68 Å². The minimum atomic E-state index is -0.156. The van der Waals surface area contributed by atoms with Crippen molar-refractivity contribution < 1.29 is 4.79 Å². The van der Waals surface area contributed by atoms with E-state index in [1.165, 1.54) is 11.3 Å². The van der Waals surface area contributed by atoms with E-state index in [4.69, 9.17) is 16.6 Å². The van der Waals surface area contributed by atoms with Crippen LogP contribution < -0.4 is 10.4 Å². The zero-order valence-corrected chi connectivity index (χ0v) is 21.9. The lowest BCUT2D eigenvalue weighted by atomic mass is 10.2. The number of thiazole rings is 1. The summed E-state index contributed by atoms with van der Waals surface area (Å²) in [5.74, 6) is 0.231. The molecule has 7 nitrogen and oxygen atoms in total. The van der Waals surface area contributed by atoms with Crippen molar-refractivity contribution >= 4 is 34.5 Å². The molecule has 9 heteroatoms. The maximum Gasteiger partial charge on any atom is 0.297 e. The fourth-order valence-corrected chi connectivity index (χ4v) is 5.69. The van der Waals surface area contributed by atoms with Gasteiger partial charge in [-0.2, -0.15) is 0 Å². The first-order valence-electron chi connectivity index (χ1n) is 12.0. The molecular weight excluding hydrogens is 494 g/mol. The average Bonchev–Trinajstić information content (AvgIpc) is 3.54. The molecule has 0 saturated carbocycles. The monoisotopic (exact) mass is 521 g/mol. The average molecular weight is 522 g/mol. The molecule has 0 radical (unpaired) electrons. The van der Waals surface area contributed by atoms with Crippen LogP contribution in [-0.2, 0) is 18.4 Å². The van der Waals surface area contributed by atoms with Crippen LogP contribution >= 0.6 is 22.9 Å². The van der Waals surface area contributed by atoms with Crippen LogP contribution in [0.1, 0.15) is 25.0 Å². The van der Waals surface area contributed by atoms with Gasteiger partial charge in [0.2, 0.25) is 5.91 Å². The molecule has 0 spiro atoms. The lowest BCUT2D eigenvalue weighted by Crippen LogP contribution is -2.27. The van der Waals surface area contributed by atoms with Gasteiger partial charge >= 0.3 is 0 Å². The zero-order valence-electron chi connectivity index (χ0n) is 20.4. The van der Waals surface area contributed by atoms with Gasteiger partial charge in [0.05, 0.1) is 17.1 Å². The number of carbonyl (C=O) groups is 1. The Kier molecular flexibility index (Phi) is 6.98. The highest BCUT2D eigenvalue weighted by atomic mass is 35.5. The molecule has 2 aromatic heterocycles. The van der Waals surface area contributed by atoms with E-state index >= 15 is 0 Å². The van der Waals surface area contributed by atoms with E-state index in [9.17, 15) is 9.59 Å². The minimum Gasteiger partial charge on any atom is -0.343 e. The zero-order chi connectivity index (χ0) is 25.2. The maximum absolute atomic E-state index is 13.5. The van der Waals surface area contributed by atoms with Gasteiger partial charge < -0.3 is 9.47 Å². The second kappa shape index (κ2) is 10.3. The van der Waals surface area contributed by atoms with E-state index in [1.807, 2.05) is 78.2 Å². The van der Waals surface area contributed by atoms with Gasteiger partial charge in [0.25, 0.3) is 5.56 Å². The number of rotatable bonds is 7. The molecule has 0 unspecified atom stereocenters. The van der Waals surface area contributed by atoms with Gasteiger partial charge in [-0.3, -0.25) is 14.3 Å². The molecule has 5 rings (SSSR count). The summed E-state index contributed by atoms with van der Waals surface area (Å²) in [4.78, 5) is 33.1. The molecule has 4 aromatic rings. The van der Waals surface area contributed by atoms with Crippen molar-refractivity contribution in [2.45, 2.75) is 32.7 Å². The molecule has 1 fully saturated rings. The molecule has 3 heterocycles. The molecule has 186 valence electrons. The number of benzene rings is 2. The Hall–Kier alpha value is -3.36. The summed E-state index contributed by atoms with van der Waals surface area (Å²) in [5, 5.41) is 2.75. The Labute approximate surface area is 218 Å². The molecule has 0 aliphatic carbocycles. The molecule has 0 N–H and O–H groups in total. The summed E-state index contributed by atoms with van der Waals surface area (Å²) < 4.78 is 5.63. The van der Waals surface area contributed by atoms with E-state index in [0.717, 1.165) is 46.8 Å². The predicted octanol–water partition coefficient (Wildman–Crippen LogP) is 4.91. The summed E-state index contributed by atoms with van der Waals surface area (Å²) in [7, 11) is 1.87. The Balaban J connectivity index is 1.56. The van der Waals surface area contributed by atoms with E-state index in [-0.39, 0.29) is 11.5 Å². The highest BCUT2D eigenvalue weighted by molar-refractivity contribution is 7.07. The molecule has 1 aliphatic heterocycles. The number of nitrogens with zero attached hydrogens (tertiary/aromatic N) is 5. The van der Waals surface area contributed by atoms with Crippen molar-refractivity contribution in [2.24, 2.45) is 12.0 Å². The van der Waals surface area contributed by atoms with Crippen molar-refractivity contribution in [3.05, 3.63) is 85.8 Å². The smallest absolute Gasteiger partial charge is 0.297 e. The van der Waals surface area contributed by atoms with E-state index < -0.39 is 0 Å². The lowest BCUT2D eigenvalue weighted by Gasteiger charge is -2.16. The highest BCUT2D eigenvalue weighted by Crippen LogP contribution is 2.24. The number of amides is 1. The summed E-state index contributed by atoms with van der Waals surface area (Å²) in [6.45, 7) is 4.14. The summed E-state index contributed by atoms with van der Waals surface area (Å²) >= 11 is 7.63. The highest BCUT2D eigenvalue weighted by Gasteiger charge is 2.20. The number of halogens is 1. The second-order valence-corrected chi connectivity index (χ2v) is 10.2. The largest absolute Gasteiger partial charge is 0.343 e. The summed E-state index contributed by atoms with van der Waals surface area (Å²) in [6.07, 6.45) is 2.38. The molecule has 1 saturated heterocycles. The van der Waals surface area contributed by atoms with Crippen LogP contribution in [-0.4, -0.2) is 37.8 Å². The van der Waals surface area contributed by atoms with Crippen molar-refractivity contribution in [3.8, 4) is 16.9 Å². The quantitative estimate of drug-likeness (QED) is 0.347. The molecule has 36 heavy (non-hydrogen) atoms. The molecule has 0 atom stereocenters. The molecule has 1 amide bonds. The Morgan fingerprint density at radius 1 is 1.03 bits per heavy atom. The first-order chi connectivity index (χ1) is 17.4. The van der Waals surface area contributed by atoms with Crippen LogP contribution in [0.4, 0.5) is 5.69 Å². The van der Waals surface area contributed by atoms with E-state index in [2.05, 4.69) is 9.95 Å². The topological polar surface area (TPSA) is 64.5 Å². The van der Waals surface area contributed by atoms with Crippen molar-refractivity contribution in [3.63, 3.8) is 0 Å². The van der Waals surface area contributed by atoms with Crippen molar-refractivity contribution in [1.29, 1.82) is 0 Å². The van der Waals surface area contributed by atoms with Gasteiger partial charge in [0.15, 0.2) is 10.5 Å². The van der Waals surface area contributed by atoms with Crippen LogP contribution in [0, 0.1) is 6.92 Å². The number of para-hydroxylation sites is 1. The van der Waals surface area contributed by atoms with Crippen molar-refractivity contribution in [1.82, 2.24) is 18.8 Å². The van der Waals surface area contributed by atoms with Gasteiger partial charge in [-0.05, 0) is 49.6 Å². The third-order valence-electron chi connectivity index (χ3n) is 6.65. The standard InChI is InChI=1S/C27H28ClN5O2S/c1-19-25(26(35)33(30(19)2)22-8-4-3-5-9-22)29-27-32(17-7-16-31-15-6-10-24(31)34)23(18-36-27)20-11-13-21(28)14-12-20/h3-5,8-9,11-14,18H,6-7,10,15-17H2,1-2H3. The normalized spacial score (nSPS) is 14.2. The van der Waals surface area contributed by atoms with Gasteiger partial charge in [0, 0.05) is 43.5 Å². The predicted molar refractivity (Wildman–Crippen MR) is 144 cm³/mol. The third-order valence-corrected chi connectivity index (χ3v) is 7.77. The Bertz CT molecular complexity index is 1510. The first-order valence-corrected chi connectivity index (χ1v) is 13.3. The SMILES string of the molecule is Cc1c(N=c2scc(-c3ccc(Cl)cc3)n2CCCN2CCCC2=O)c(=O)n(-c2ccccc2)n1C. The number of carbonyl (C=O) groups excluding carboxylic acids is 1.